The first kappa shape index (κ1) is 15.6. The minimum absolute atomic E-state index is 0.118. The van der Waals surface area contributed by atoms with Crippen molar-refractivity contribution < 1.29 is 9.84 Å². The Hall–Kier alpha value is -1.50. The first-order valence-electron chi connectivity index (χ1n) is 6.63. The summed E-state index contributed by atoms with van der Waals surface area (Å²) in [6.07, 6.45) is 0. The van der Waals surface area contributed by atoms with Crippen LogP contribution < -0.4 is 4.74 Å². The van der Waals surface area contributed by atoms with Gasteiger partial charge in [0.05, 0.1) is 7.11 Å². The summed E-state index contributed by atoms with van der Waals surface area (Å²) in [6, 6.07) is 6.35. The van der Waals surface area contributed by atoms with Crippen molar-refractivity contribution in [1.82, 2.24) is 4.90 Å². The second-order valence-corrected chi connectivity index (χ2v) is 4.64. The molecular weight excluding hydrogens is 238 g/mol. The average molecular weight is 261 g/mol. The Balaban J connectivity index is 3.06. The van der Waals surface area contributed by atoms with Crippen LogP contribution in [-0.4, -0.2) is 36.3 Å². The predicted octanol–water partition coefficient (Wildman–Crippen LogP) is 2.27. The van der Waals surface area contributed by atoms with E-state index in [4.69, 9.17) is 9.84 Å². The van der Waals surface area contributed by atoms with E-state index in [1.54, 1.807) is 7.11 Å². The van der Waals surface area contributed by atoms with Gasteiger partial charge in [-0.1, -0.05) is 18.8 Å². The number of aliphatic hydroxyl groups excluding tert-OH is 1. The lowest BCUT2D eigenvalue weighted by atomic mass is 10.1. The van der Waals surface area contributed by atoms with Crippen LogP contribution in [-0.2, 0) is 6.54 Å². The van der Waals surface area contributed by atoms with Crippen LogP contribution in [0.4, 0.5) is 0 Å². The predicted molar refractivity (Wildman–Crippen MR) is 78.2 cm³/mol. The molecule has 3 heteroatoms. The van der Waals surface area contributed by atoms with Gasteiger partial charge >= 0.3 is 0 Å². The third-order valence-corrected chi connectivity index (χ3v) is 3.12. The maximum absolute atomic E-state index is 8.83. The Morgan fingerprint density at radius 1 is 1.37 bits per heavy atom. The van der Waals surface area contributed by atoms with Crippen LogP contribution in [0, 0.1) is 11.8 Å². The molecule has 1 N–H and O–H groups in total. The number of hydrogen-bond donors (Lipinski definition) is 1. The highest BCUT2D eigenvalue weighted by atomic mass is 16.5. The Bertz CT molecular complexity index is 458. The fourth-order valence-electron chi connectivity index (χ4n) is 1.96. The molecule has 1 rings (SSSR count). The molecule has 0 saturated heterocycles. The molecule has 0 aliphatic carbocycles. The summed E-state index contributed by atoms with van der Waals surface area (Å²) in [5.74, 6) is 6.55. The van der Waals surface area contributed by atoms with Crippen LogP contribution in [0.1, 0.15) is 31.9 Å². The highest BCUT2D eigenvalue weighted by molar-refractivity contribution is 5.45. The molecule has 3 nitrogen and oxygen atoms in total. The minimum Gasteiger partial charge on any atom is -0.497 e. The number of nitrogens with zero attached hydrogens (tertiary/aromatic N) is 1. The van der Waals surface area contributed by atoms with Gasteiger partial charge in [-0.25, -0.2) is 0 Å². The molecule has 0 heterocycles. The van der Waals surface area contributed by atoms with Gasteiger partial charge in [-0.3, -0.25) is 4.90 Å². The molecule has 0 radical (unpaired) electrons. The molecule has 0 aliphatic heterocycles. The molecule has 0 unspecified atom stereocenters. The zero-order chi connectivity index (χ0) is 14.3. The molecule has 0 spiro atoms. The summed E-state index contributed by atoms with van der Waals surface area (Å²) in [6.45, 7) is 8.22. The maximum atomic E-state index is 8.83. The highest BCUT2D eigenvalue weighted by Gasteiger charge is 2.11. The van der Waals surface area contributed by atoms with Gasteiger partial charge in [0, 0.05) is 18.2 Å². The molecule has 104 valence electrons. The van der Waals surface area contributed by atoms with E-state index in [9.17, 15) is 0 Å². The lowest BCUT2D eigenvalue weighted by molar-refractivity contribution is 0.224. The molecule has 1 aromatic carbocycles. The summed E-state index contributed by atoms with van der Waals surface area (Å²) < 4.78 is 5.27. The van der Waals surface area contributed by atoms with Crippen LogP contribution in [0.5, 0.6) is 5.75 Å². The molecule has 0 atom stereocenters. The van der Waals surface area contributed by atoms with Crippen molar-refractivity contribution in [3.8, 4) is 17.6 Å². The van der Waals surface area contributed by atoms with Gasteiger partial charge in [0.2, 0.25) is 0 Å². The Labute approximate surface area is 116 Å². The van der Waals surface area contributed by atoms with Gasteiger partial charge in [0.15, 0.2) is 0 Å². The fourth-order valence-corrected chi connectivity index (χ4v) is 1.96. The molecule has 1 aromatic rings. The normalized spacial score (nSPS) is 10.5. The van der Waals surface area contributed by atoms with Crippen LogP contribution >= 0.6 is 0 Å². The van der Waals surface area contributed by atoms with Crippen LogP contribution in [0.2, 0.25) is 0 Å². The third kappa shape index (κ3) is 4.59. The third-order valence-electron chi connectivity index (χ3n) is 3.12. The van der Waals surface area contributed by atoms with Crippen molar-refractivity contribution in [2.24, 2.45) is 0 Å². The average Bonchev–Trinajstić information content (AvgIpc) is 2.42. The molecule has 19 heavy (non-hydrogen) atoms. The first-order chi connectivity index (χ1) is 9.12. The summed E-state index contributed by atoms with van der Waals surface area (Å²) in [7, 11) is 1.66. The number of benzene rings is 1. The molecule has 0 fully saturated rings. The van der Waals surface area contributed by atoms with E-state index in [1.807, 2.05) is 18.2 Å². The summed E-state index contributed by atoms with van der Waals surface area (Å²) in [4.78, 5) is 2.36. The molecule has 0 aliphatic rings. The number of rotatable bonds is 5. The summed E-state index contributed by atoms with van der Waals surface area (Å²) in [5.41, 5.74) is 2.09. The Kier molecular flexibility index (Phi) is 6.41. The van der Waals surface area contributed by atoms with Gasteiger partial charge in [-0.2, -0.15) is 0 Å². The zero-order valence-corrected chi connectivity index (χ0v) is 12.2. The SMILES string of the molecule is CCN(Cc1cc(OC)ccc1C#CCO)C(C)C. The largest absolute Gasteiger partial charge is 0.497 e. The lowest BCUT2D eigenvalue weighted by Crippen LogP contribution is -2.30. The maximum Gasteiger partial charge on any atom is 0.119 e. The van der Waals surface area contributed by atoms with Crippen LogP contribution in [0.3, 0.4) is 0 Å². The zero-order valence-electron chi connectivity index (χ0n) is 12.2. The minimum atomic E-state index is -0.118. The smallest absolute Gasteiger partial charge is 0.119 e. The van der Waals surface area contributed by atoms with E-state index in [2.05, 4.69) is 37.5 Å². The van der Waals surface area contributed by atoms with Crippen molar-refractivity contribution in [2.45, 2.75) is 33.4 Å². The van der Waals surface area contributed by atoms with Gasteiger partial charge in [-0.15, -0.1) is 0 Å². The molecular formula is C16H23NO2. The standard InChI is InChI=1S/C16H23NO2/c1-5-17(13(2)3)12-15-11-16(19-4)9-8-14(15)7-6-10-18/h8-9,11,13,18H,5,10,12H2,1-4H3. The van der Waals surface area contributed by atoms with Crippen molar-refractivity contribution in [2.75, 3.05) is 20.3 Å². The fraction of sp³-hybridized carbons (Fsp3) is 0.500. The number of hydrogen-bond acceptors (Lipinski definition) is 3. The van der Waals surface area contributed by atoms with Crippen molar-refractivity contribution in [3.63, 3.8) is 0 Å². The highest BCUT2D eigenvalue weighted by Crippen LogP contribution is 2.19. The van der Waals surface area contributed by atoms with Gasteiger partial charge < -0.3 is 9.84 Å². The van der Waals surface area contributed by atoms with Gasteiger partial charge in [0.25, 0.3) is 0 Å². The lowest BCUT2D eigenvalue weighted by Gasteiger charge is -2.25. The second kappa shape index (κ2) is 7.83. The number of ether oxygens (including phenoxy) is 1. The first-order valence-corrected chi connectivity index (χ1v) is 6.63. The number of methoxy groups -OCH3 is 1. The van der Waals surface area contributed by atoms with E-state index in [1.165, 1.54) is 0 Å². The quantitative estimate of drug-likeness (QED) is 0.825. The summed E-state index contributed by atoms with van der Waals surface area (Å²) in [5, 5.41) is 8.83. The van der Waals surface area contributed by atoms with Crippen molar-refractivity contribution in [1.29, 1.82) is 0 Å². The van der Waals surface area contributed by atoms with E-state index in [0.717, 1.165) is 30.0 Å². The summed E-state index contributed by atoms with van der Waals surface area (Å²) >= 11 is 0. The van der Waals surface area contributed by atoms with E-state index < -0.39 is 0 Å². The monoisotopic (exact) mass is 261 g/mol. The van der Waals surface area contributed by atoms with Gasteiger partial charge in [-0.05, 0) is 44.2 Å². The van der Waals surface area contributed by atoms with Crippen molar-refractivity contribution in [3.05, 3.63) is 29.3 Å². The van der Waals surface area contributed by atoms with Crippen LogP contribution in [0.25, 0.3) is 0 Å². The van der Waals surface area contributed by atoms with E-state index in [-0.39, 0.29) is 6.61 Å². The molecule has 0 bridgehead atoms. The van der Waals surface area contributed by atoms with Gasteiger partial charge in [0.1, 0.15) is 12.4 Å². The second-order valence-electron chi connectivity index (χ2n) is 4.64. The number of aliphatic hydroxyl groups is 1. The van der Waals surface area contributed by atoms with Crippen molar-refractivity contribution >= 4 is 0 Å². The van der Waals surface area contributed by atoms with E-state index >= 15 is 0 Å². The molecule has 0 amide bonds. The Morgan fingerprint density at radius 3 is 2.63 bits per heavy atom. The topological polar surface area (TPSA) is 32.7 Å². The van der Waals surface area contributed by atoms with Crippen LogP contribution in [0.15, 0.2) is 18.2 Å². The molecule has 0 saturated carbocycles. The molecule has 0 aromatic heterocycles. The van der Waals surface area contributed by atoms with E-state index in [0.29, 0.717) is 6.04 Å². The Morgan fingerprint density at radius 2 is 2.11 bits per heavy atom.